The molecule has 0 unspecified atom stereocenters. The van der Waals surface area contributed by atoms with Crippen LogP contribution in [0.2, 0.25) is 0 Å². The lowest BCUT2D eigenvalue weighted by atomic mass is 10.0. The quantitative estimate of drug-likeness (QED) is 0.762. The Morgan fingerprint density at radius 1 is 0.964 bits per heavy atom. The summed E-state index contributed by atoms with van der Waals surface area (Å²) >= 11 is 0. The van der Waals surface area contributed by atoms with Gasteiger partial charge >= 0.3 is 0 Å². The third-order valence-electron chi connectivity index (χ3n) is 4.90. The molecule has 0 aliphatic carbocycles. The summed E-state index contributed by atoms with van der Waals surface area (Å²) in [5.74, 6) is -0.373. The Morgan fingerprint density at radius 2 is 1.71 bits per heavy atom. The predicted octanol–water partition coefficient (Wildman–Crippen LogP) is 3.60. The van der Waals surface area contributed by atoms with Crippen LogP contribution >= 0.6 is 0 Å². The molecule has 5 heteroatoms. The molecule has 0 saturated carbocycles. The molecule has 0 bridgehead atoms. The maximum Gasteiger partial charge on any atom is 0.259 e. The van der Waals surface area contributed by atoms with Gasteiger partial charge in [-0.1, -0.05) is 48.5 Å². The molecule has 3 aromatic rings. The molecule has 1 aromatic heterocycles. The highest BCUT2D eigenvalue weighted by molar-refractivity contribution is 6.08. The second-order valence-electron chi connectivity index (χ2n) is 6.82. The Kier molecular flexibility index (Phi) is 5.15. The van der Waals surface area contributed by atoms with Crippen LogP contribution in [0.4, 0.5) is 5.69 Å². The highest BCUT2D eigenvalue weighted by Gasteiger charge is 2.24. The third kappa shape index (κ3) is 3.78. The lowest BCUT2D eigenvalue weighted by molar-refractivity contribution is 0.0950. The summed E-state index contributed by atoms with van der Waals surface area (Å²) in [6.45, 7) is 1.09. The SMILES string of the molecule is O=C(NCc1ccccc1)c1cncc(C(=O)N2CCCc3ccccc32)c1. The lowest BCUT2D eigenvalue weighted by Crippen LogP contribution is -2.35. The van der Waals surface area contributed by atoms with Gasteiger partial charge in [0.1, 0.15) is 0 Å². The summed E-state index contributed by atoms with van der Waals surface area (Å²) in [5.41, 5.74) is 3.93. The fraction of sp³-hybridized carbons (Fsp3) is 0.174. The maximum absolute atomic E-state index is 13.1. The molecule has 0 atom stereocenters. The number of carbonyl (C=O) groups is 2. The van der Waals surface area contributed by atoms with Crippen molar-refractivity contribution < 1.29 is 9.59 Å². The number of amides is 2. The van der Waals surface area contributed by atoms with E-state index in [2.05, 4.69) is 16.4 Å². The Bertz CT molecular complexity index is 1000. The van der Waals surface area contributed by atoms with E-state index in [4.69, 9.17) is 0 Å². The number of carbonyl (C=O) groups excluding carboxylic acids is 2. The summed E-state index contributed by atoms with van der Waals surface area (Å²) in [5, 5.41) is 2.87. The number of nitrogens with zero attached hydrogens (tertiary/aromatic N) is 2. The Morgan fingerprint density at radius 3 is 2.57 bits per heavy atom. The third-order valence-corrected chi connectivity index (χ3v) is 4.90. The fourth-order valence-corrected chi connectivity index (χ4v) is 3.46. The number of anilines is 1. The van der Waals surface area contributed by atoms with Gasteiger partial charge in [-0.15, -0.1) is 0 Å². The van der Waals surface area contributed by atoms with Crippen molar-refractivity contribution in [3.63, 3.8) is 0 Å². The summed E-state index contributed by atoms with van der Waals surface area (Å²) in [6, 6.07) is 19.3. The van der Waals surface area contributed by atoms with Crippen LogP contribution in [-0.2, 0) is 13.0 Å². The van der Waals surface area contributed by atoms with Gasteiger partial charge in [0.05, 0.1) is 11.1 Å². The first-order valence-corrected chi connectivity index (χ1v) is 9.39. The average Bonchev–Trinajstić information content (AvgIpc) is 2.77. The van der Waals surface area contributed by atoms with Crippen LogP contribution in [0.3, 0.4) is 0 Å². The van der Waals surface area contributed by atoms with Crippen molar-refractivity contribution in [2.24, 2.45) is 0 Å². The number of hydrogen-bond donors (Lipinski definition) is 1. The predicted molar refractivity (Wildman–Crippen MR) is 108 cm³/mol. The number of aromatic nitrogens is 1. The monoisotopic (exact) mass is 371 g/mol. The smallest absolute Gasteiger partial charge is 0.259 e. The van der Waals surface area contributed by atoms with Crippen molar-refractivity contribution in [1.82, 2.24) is 10.3 Å². The minimum absolute atomic E-state index is 0.127. The largest absolute Gasteiger partial charge is 0.348 e. The fourth-order valence-electron chi connectivity index (χ4n) is 3.46. The van der Waals surface area contributed by atoms with Crippen molar-refractivity contribution in [3.8, 4) is 0 Å². The molecule has 28 heavy (non-hydrogen) atoms. The van der Waals surface area contributed by atoms with Gasteiger partial charge < -0.3 is 10.2 Å². The van der Waals surface area contributed by atoms with Gasteiger partial charge in [-0.05, 0) is 36.1 Å². The topological polar surface area (TPSA) is 62.3 Å². The zero-order valence-corrected chi connectivity index (χ0v) is 15.5. The summed E-state index contributed by atoms with van der Waals surface area (Å²) in [6.07, 6.45) is 4.91. The van der Waals surface area contributed by atoms with E-state index in [9.17, 15) is 9.59 Å². The van der Waals surface area contributed by atoms with Gasteiger partial charge in [0.15, 0.2) is 0 Å². The lowest BCUT2D eigenvalue weighted by Gasteiger charge is -2.29. The van der Waals surface area contributed by atoms with Crippen LogP contribution in [-0.4, -0.2) is 23.3 Å². The molecule has 0 radical (unpaired) electrons. The first-order valence-electron chi connectivity index (χ1n) is 9.39. The van der Waals surface area contributed by atoms with Crippen LogP contribution < -0.4 is 10.2 Å². The minimum atomic E-state index is -0.245. The molecule has 4 rings (SSSR count). The van der Waals surface area contributed by atoms with Crippen LogP contribution in [0.15, 0.2) is 73.1 Å². The molecule has 1 aliphatic rings. The van der Waals surface area contributed by atoms with Crippen LogP contribution in [0.5, 0.6) is 0 Å². The van der Waals surface area contributed by atoms with Crippen molar-refractivity contribution in [1.29, 1.82) is 0 Å². The number of hydrogen-bond acceptors (Lipinski definition) is 3. The molecule has 1 aliphatic heterocycles. The number of fused-ring (bicyclic) bond motifs is 1. The van der Waals surface area contributed by atoms with Gasteiger partial charge in [-0.2, -0.15) is 0 Å². The zero-order chi connectivity index (χ0) is 19.3. The van der Waals surface area contributed by atoms with Crippen LogP contribution in [0.25, 0.3) is 0 Å². The van der Waals surface area contributed by atoms with E-state index in [1.807, 2.05) is 48.5 Å². The second-order valence-corrected chi connectivity index (χ2v) is 6.82. The standard InChI is InChI=1S/C23H21N3O2/c27-22(25-14-17-7-2-1-3-8-17)19-13-20(16-24-15-19)23(28)26-12-6-10-18-9-4-5-11-21(18)26/h1-5,7-9,11,13,15-16H,6,10,12,14H2,(H,25,27). The van der Waals surface area contributed by atoms with Crippen molar-refractivity contribution in [2.45, 2.75) is 19.4 Å². The molecule has 0 spiro atoms. The minimum Gasteiger partial charge on any atom is -0.348 e. The van der Waals surface area contributed by atoms with E-state index in [1.165, 1.54) is 18.0 Å². The number of rotatable bonds is 4. The van der Waals surface area contributed by atoms with Gasteiger partial charge in [0, 0.05) is 31.2 Å². The van der Waals surface area contributed by atoms with E-state index >= 15 is 0 Å². The Hall–Kier alpha value is -3.47. The van der Waals surface area contributed by atoms with E-state index < -0.39 is 0 Å². The molecule has 140 valence electrons. The molecule has 2 amide bonds. The summed E-state index contributed by atoms with van der Waals surface area (Å²) in [4.78, 5) is 31.5. The molecule has 5 nitrogen and oxygen atoms in total. The molecule has 0 fully saturated rings. The van der Waals surface area contributed by atoms with Crippen LogP contribution in [0.1, 0.15) is 38.3 Å². The summed E-state index contributed by atoms with van der Waals surface area (Å²) in [7, 11) is 0. The van der Waals surface area contributed by atoms with E-state index in [0.29, 0.717) is 24.2 Å². The molecule has 2 heterocycles. The molecule has 2 aromatic carbocycles. The number of nitrogens with one attached hydrogen (secondary N) is 1. The second kappa shape index (κ2) is 8.05. The molecular formula is C23H21N3O2. The van der Waals surface area contributed by atoms with Gasteiger partial charge in [0.25, 0.3) is 11.8 Å². The van der Waals surface area contributed by atoms with Crippen molar-refractivity contribution in [2.75, 3.05) is 11.4 Å². The van der Waals surface area contributed by atoms with Crippen LogP contribution in [0, 0.1) is 0 Å². The van der Waals surface area contributed by atoms with Crippen molar-refractivity contribution >= 4 is 17.5 Å². The highest BCUT2D eigenvalue weighted by Crippen LogP contribution is 2.28. The average molecular weight is 371 g/mol. The van der Waals surface area contributed by atoms with Gasteiger partial charge in [-0.25, -0.2) is 0 Å². The van der Waals surface area contributed by atoms with Gasteiger partial charge in [-0.3, -0.25) is 14.6 Å². The normalized spacial score (nSPS) is 12.9. The number of para-hydroxylation sites is 1. The molecular weight excluding hydrogens is 350 g/mol. The maximum atomic E-state index is 13.1. The molecule has 0 saturated heterocycles. The Balaban J connectivity index is 1.51. The van der Waals surface area contributed by atoms with E-state index in [-0.39, 0.29) is 11.8 Å². The number of benzene rings is 2. The first kappa shape index (κ1) is 17.9. The molecule has 1 N–H and O–H groups in total. The number of aryl methyl sites for hydroxylation is 1. The zero-order valence-electron chi connectivity index (χ0n) is 15.5. The number of pyridine rings is 1. The highest BCUT2D eigenvalue weighted by atomic mass is 16.2. The van der Waals surface area contributed by atoms with E-state index in [0.717, 1.165) is 24.1 Å². The van der Waals surface area contributed by atoms with E-state index in [1.54, 1.807) is 11.0 Å². The van der Waals surface area contributed by atoms with Gasteiger partial charge in [0.2, 0.25) is 0 Å². The first-order chi connectivity index (χ1) is 13.7. The summed E-state index contributed by atoms with van der Waals surface area (Å²) < 4.78 is 0. The Labute approximate surface area is 164 Å². The van der Waals surface area contributed by atoms with Crippen molar-refractivity contribution in [3.05, 3.63) is 95.3 Å².